The first kappa shape index (κ1) is 9.97. The number of aliphatic carboxylic acids is 1. The SMILES string of the molecule is O=C(O)CCC[C@@H]1CN2CCC1CC2. The van der Waals surface area contributed by atoms with E-state index in [9.17, 15) is 4.79 Å². The van der Waals surface area contributed by atoms with Gasteiger partial charge in [-0.3, -0.25) is 4.79 Å². The lowest BCUT2D eigenvalue weighted by atomic mass is 9.77. The number of carboxylic acids is 1. The summed E-state index contributed by atoms with van der Waals surface area (Å²) in [7, 11) is 0. The van der Waals surface area contributed by atoms with Crippen molar-refractivity contribution < 1.29 is 9.90 Å². The lowest BCUT2D eigenvalue weighted by molar-refractivity contribution is -0.137. The zero-order valence-corrected chi connectivity index (χ0v) is 8.61. The number of nitrogens with zero attached hydrogens (tertiary/aromatic N) is 1. The van der Waals surface area contributed by atoms with Crippen molar-refractivity contribution in [3.63, 3.8) is 0 Å². The highest BCUT2D eigenvalue weighted by molar-refractivity contribution is 5.66. The smallest absolute Gasteiger partial charge is 0.303 e. The highest BCUT2D eigenvalue weighted by Crippen LogP contribution is 2.34. The molecule has 0 aliphatic carbocycles. The number of carboxylic acid groups (broad SMARTS) is 1. The van der Waals surface area contributed by atoms with Gasteiger partial charge in [0.05, 0.1) is 0 Å². The van der Waals surface area contributed by atoms with Gasteiger partial charge in [0.2, 0.25) is 0 Å². The number of piperidine rings is 3. The molecule has 0 amide bonds. The standard InChI is InChI=1S/C11H19NO2/c13-11(14)3-1-2-10-8-12-6-4-9(10)5-7-12/h9-10H,1-8H2,(H,13,14)/t10-/m1/s1. The van der Waals surface area contributed by atoms with Crippen LogP contribution in [0.1, 0.15) is 32.1 Å². The van der Waals surface area contributed by atoms with Gasteiger partial charge in [-0.1, -0.05) is 0 Å². The Morgan fingerprint density at radius 2 is 2.07 bits per heavy atom. The summed E-state index contributed by atoms with van der Waals surface area (Å²) < 4.78 is 0. The second kappa shape index (κ2) is 4.30. The molecule has 0 spiro atoms. The van der Waals surface area contributed by atoms with Gasteiger partial charge in [-0.05, 0) is 50.6 Å². The quantitative estimate of drug-likeness (QED) is 0.744. The van der Waals surface area contributed by atoms with Crippen molar-refractivity contribution in [2.75, 3.05) is 19.6 Å². The molecule has 3 aliphatic heterocycles. The molecule has 0 aromatic rings. The van der Waals surface area contributed by atoms with Gasteiger partial charge in [0.15, 0.2) is 0 Å². The Kier molecular flexibility index (Phi) is 3.06. The van der Waals surface area contributed by atoms with Crippen LogP contribution in [0.3, 0.4) is 0 Å². The highest BCUT2D eigenvalue weighted by Gasteiger charge is 2.33. The van der Waals surface area contributed by atoms with Crippen LogP contribution in [0.25, 0.3) is 0 Å². The molecule has 3 aliphatic rings. The summed E-state index contributed by atoms with van der Waals surface area (Å²) in [5.41, 5.74) is 0. The van der Waals surface area contributed by atoms with Crippen LogP contribution in [-0.4, -0.2) is 35.6 Å². The van der Waals surface area contributed by atoms with Crippen LogP contribution >= 0.6 is 0 Å². The van der Waals surface area contributed by atoms with Gasteiger partial charge in [0.1, 0.15) is 0 Å². The molecule has 0 aromatic carbocycles. The number of carbonyl (C=O) groups is 1. The fourth-order valence-corrected chi connectivity index (χ4v) is 2.93. The monoisotopic (exact) mass is 197 g/mol. The maximum atomic E-state index is 10.4. The van der Waals surface area contributed by atoms with Crippen molar-refractivity contribution in [1.82, 2.24) is 4.90 Å². The van der Waals surface area contributed by atoms with Crippen molar-refractivity contribution in [2.45, 2.75) is 32.1 Å². The maximum Gasteiger partial charge on any atom is 0.303 e. The second-order valence-corrected chi connectivity index (χ2v) is 4.68. The van der Waals surface area contributed by atoms with Gasteiger partial charge in [0.25, 0.3) is 0 Å². The molecule has 0 radical (unpaired) electrons. The minimum absolute atomic E-state index is 0.350. The number of rotatable bonds is 4. The summed E-state index contributed by atoms with van der Waals surface area (Å²) in [6.07, 6.45) is 5.02. The van der Waals surface area contributed by atoms with E-state index in [-0.39, 0.29) is 0 Å². The molecule has 2 bridgehead atoms. The largest absolute Gasteiger partial charge is 0.481 e. The van der Waals surface area contributed by atoms with E-state index >= 15 is 0 Å². The van der Waals surface area contributed by atoms with Gasteiger partial charge >= 0.3 is 5.97 Å². The van der Waals surface area contributed by atoms with Crippen molar-refractivity contribution in [1.29, 1.82) is 0 Å². The first-order chi connectivity index (χ1) is 6.75. The highest BCUT2D eigenvalue weighted by atomic mass is 16.4. The zero-order chi connectivity index (χ0) is 9.97. The lowest BCUT2D eigenvalue weighted by Crippen LogP contribution is -2.47. The molecule has 14 heavy (non-hydrogen) atoms. The number of hydrogen-bond donors (Lipinski definition) is 1. The van der Waals surface area contributed by atoms with Crippen LogP contribution in [0.15, 0.2) is 0 Å². The summed E-state index contributed by atoms with van der Waals surface area (Å²) >= 11 is 0. The van der Waals surface area contributed by atoms with Crippen molar-refractivity contribution in [3.05, 3.63) is 0 Å². The average Bonchev–Trinajstić information content (AvgIpc) is 2.19. The second-order valence-electron chi connectivity index (χ2n) is 4.68. The van der Waals surface area contributed by atoms with Crippen LogP contribution < -0.4 is 0 Å². The molecule has 80 valence electrons. The lowest BCUT2D eigenvalue weighted by Gasteiger charge is -2.45. The molecule has 1 N–H and O–H groups in total. The van der Waals surface area contributed by atoms with Crippen molar-refractivity contribution in [2.24, 2.45) is 11.8 Å². The third kappa shape index (κ3) is 2.27. The molecular weight excluding hydrogens is 178 g/mol. The Morgan fingerprint density at radius 1 is 1.36 bits per heavy atom. The van der Waals surface area contributed by atoms with Crippen LogP contribution in [-0.2, 0) is 4.79 Å². The molecule has 1 atom stereocenters. The number of hydrogen-bond acceptors (Lipinski definition) is 2. The molecule has 0 unspecified atom stereocenters. The average molecular weight is 197 g/mol. The van der Waals surface area contributed by atoms with E-state index in [0.717, 1.165) is 24.7 Å². The third-order valence-corrected chi connectivity index (χ3v) is 3.76. The Morgan fingerprint density at radius 3 is 2.57 bits per heavy atom. The van der Waals surface area contributed by atoms with Crippen LogP contribution in [0.2, 0.25) is 0 Å². The molecule has 3 fully saturated rings. The van der Waals surface area contributed by atoms with E-state index in [1.165, 1.54) is 32.5 Å². The van der Waals surface area contributed by atoms with E-state index in [1.807, 2.05) is 0 Å². The van der Waals surface area contributed by atoms with E-state index < -0.39 is 5.97 Å². The van der Waals surface area contributed by atoms with Gasteiger partial charge < -0.3 is 10.0 Å². The molecule has 3 heteroatoms. The van der Waals surface area contributed by atoms with E-state index in [2.05, 4.69) is 4.90 Å². The zero-order valence-electron chi connectivity index (χ0n) is 8.61. The normalized spacial score (nSPS) is 35.9. The minimum Gasteiger partial charge on any atom is -0.481 e. The third-order valence-electron chi connectivity index (χ3n) is 3.76. The Balaban J connectivity index is 1.73. The van der Waals surface area contributed by atoms with E-state index in [1.54, 1.807) is 0 Å². The van der Waals surface area contributed by atoms with Crippen molar-refractivity contribution >= 4 is 5.97 Å². The first-order valence-electron chi connectivity index (χ1n) is 5.70. The molecular formula is C11H19NO2. The fraction of sp³-hybridized carbons (Fsp3) is 0.909. The molecule has 3 nitrogen and oxygen atoms in total. The molecule has 3 rings (SSSR count). The predicted octanol–water partition coefficient (Wildman–Crippen LogP) is 1.58. The fourth-order valence-electron chi connectivity index (χ4n) is 2.93. The van der Waals surface area contributed by atoms with Crippen molar-refractivity contribution in [3.8, 4) is 0 Å². The topological polar surface area (TPSA) is 40.5 Å². The van der Waals surface area contributed by atoms with E-state index in [0.29, 0.717) is 6.42 Å². The van der Waals surface area contributed by atoms with Crippen LogP contribution in [0.4, 0.5) is 0 Å². The number of fused-ring (bicyclic) bond motifs is 3. The van der Waals surface area contributed by atoms with Gasteiger partial charge in [-0.25, -0.2) is 0 Å². The van der Waals surface area contributed by atoms with E-state index in [4.69, 9.17) is 5.11 Å². The Hall–Kier alpha value is -0.570. The molecule has 3 saturated heterocycles. The summed E-state index contributed by atoms with van der Waals surface area (Å²) in [6, 6.07) is 0. The van der Waals surface area contributed by atoms with Gasteiger partial charge in [-0.2, -0.15) is 0 Å². The molecule has 0 saturated carbocycles. The van der Waals surface area contributed by atoms with Crippen LogP contribution in [0.5, 0.6) is 0 Å². The van der Waals surface area contributed by atoms with Crippen LogP contribution in [0, 0.1) is 11.8 Å². The first-order valence-corrected chi connectivity index (χ1v) is 5.70. The summed E-state index contributed by atoms with van der Waals surface area (Å²) in [4.78, 5) is 12.9. The molecule has 0 aromatic heterocycles. The summed E-state index contributed by atoms with van der Waals surface area (Å²) in [5.74, 6) is 1.04. The van der Waals surface area contributed by atoms with Gasteiger partial charge in [0, 0.05) is 13.0 Å². The summed E-state index contributed by atoms with van der Waals surface area (Å²) in [6.45, 7) is 3.78. The van der Waals surface area contributed by atoms with Gasteiger partial charge in [-0.15, -0.1) is 0 Å². The Bertz CT molecular complexity index is 209. The Labute approximate surface area is 85.1 Å². The molecule has 3 heterocycles. The predicted molar refractivity (Wildman–Crippen MR) is 54.1 cm³/mol. The minimum atomic E-state index is -0.647. The maximum absolute atomic E-state index is 10.4. The summed E-state index contributed by atoms with van der Waals surface area (Å²) in [5, 5.41) is 8.56.